The maximum atomic E-state index is 11.9. The van der Waals surface area contributed by atoms with Crippen molar-refractivity contribution >= 4 is 29.2 Å². The molecule has 24 heavy (non-hydrogen) atoms. The van der Waals surface area contributed by atoms with Crippen LogP contribution in [0.4, 0.5) is 5.82 Å². The van der Waals surface area contributed by atoms with Crippen LogP contribution >= 0.6 is 11.6 Å². The number of anilines is 1. The van der Waals surface area contributed by atoms with Crippen molar-refractivity contribution in [2.24, 2.45) is 0 Å². The zero-order chi connectivity index (χ0) is 18.1. The molecule has 0 bridgehead atoms. The van der Waals surface area contributed by atoms with Crippen LogP contribution in [0.2, 0.25) is 5.28 Å². The fourth-order valence-corrected chi connectivity index (χ4v) is 1.69. The number of halogens is 1. The predicted molar refractivity (Wildman–Crippen MR) is 94.4 cm³/mol. The number of hydrogen-bond donors (Lipinski definition) is 3. The fraction of sp³-hybridized carbons (Fsp3) is 0.125. The summed E-state index contributed by atoms with van der Waals surface area (Å²) in [6.07, 6.45) is 7.60. The Morgan fingerprint density at radius 3 is 2.67 bits per heavy atom. The first-order chi connectivity index (χ1) is 11.4. The Balaban J connectivity index is 3.22. The van der Waals surface area contributed by atoms with Crippen LogP contribution in [0.15, 0.2) is 55.1 Å². The van der Waals surface area contributed by atoms with E-state index in [4.69, 9.17) is 11.6 Å². The SMILES string of the molecule is C=CC(=O)NC(=C)/C(=C\C=C/C)Nc1nc(Cl)ncc1C(=O)NC. The summed E-state index contributed by atoms with van der Waals surface area (Å²) in [5.41, 5.74) is 0.884. The van der Waals surface area contributed by atoms with Crippen LogP contribution in [0.3, 0.4) is 0 Å². The molecule has 0 fully saturated rings. The monoisotopic (exact) mass is 347 g/mol. The van der Waals surface area contributed by atoms with E-state index in [-0.39, 0.29) is 28.3 Å². The molecular formula is C16H18ClN5O2. The van der Waals surface area contributed by atoms with Crippen LogP contribution in [0.5, 0.6) is 0 Å². The number of allylic oxidation sites excluding steroid dienone is 3. The Bertz CT molecular complexity index is 725. The number of hydrogen-bond acceptors (Lipinski definition) is 5. The number of nitrogens with one attached hydrogen (secondary N) is 3. The summed E-state index contributed by atoms with van der Waals surface area (Å²) in [4.78, 5) is 31.2. The third kappa shape index (κ3) is 5.36. The van der Waals surface area contributed by atoms with E-state index >= 15 is 0 Å². The molecule has 0 saturated carbocycles. The van der Waals surface area contributed by atoms with E-state index in [0.29, 0.717) is 5.70 Å². The lowest BCUT2D eigenvalue weighted by atomic mass is 10.2. The molecule has 2 amide bonds. The summed E-state index contributed by atoms with van der Waals surface area (Å²) >= 11 is 5.81. The lowest BCUT2D eigenvalue weighted by Gasteiger charge is -2.15. The van der Waals surface area contributed by atoms with Crippen LogP contribution in [0.1, 0.15) is 17.3 Å². The van der Waals surface area contributed by atoms with Gasteiger partial charge in [-0.05, 0) is 30.7 Å². The molecule has 0 saturated heterocycles. The van der Waals surface area contributed by atoms with Crippen LogP contribution < -0.4 is 16.0 Å². The molecule has 1 rings (SSSR count). The summed E-state index contributed by atoms with van der Waals surface area (Å²) in [6, 6.07) is 0. The minimum Gasteiger partial charge on any atom is -0.355 e. The fourth-order valence-electron chi connectivity index (χ4n) is 1.56. The van der Waals surface area contributed by atoms with E-state index in [0.717, 1.165) is 6.08 Å². The molecule has 0 radical (unpaired) electrons. The Morgan fingerprint density at radius 2 is 2.08 bits per heavy atom. The van der Waals surface area contributed by atoms with Gasteiger partial charge in [0.25, 0.3) is 5.91 Å². The number of amides is 2. The Morgan fingerprint density at radius 1 is 1.38 bits per heavy atom. The average molecular weight is 348 g/mol. The molecule has 1 aromatic heterocycles. The zero-order valence-electron chi connectivity index (χ0n) is 13.4. The molecule has 7 nitrogen and oxygen atoms in total. The van der Waals surface area contributed by atoms with E-state index in [9.17, 15) is 9.59 Å². The van der Waals surface area contributed by atoms with E-state index < -0.39 is 5.91 Å². The Labute approximate surface area is 145 Å². The van der Waals surface area contributed by atoms with Gasteiger partial charge in [-0.1, -0.05) is 25.3 Å². The number of carbonyl (C=O) groups excluding carboxylic acids is 2. The van der Waals surface area contributed by atoms with Gasteiger partial charge in [0.15, 0.2) is 0 Å². The second-order valence-corrected chi connectivity index (χ2v) is 4.72. The van der Waals surface area contributed by atoms with Crippen molar-refractivity contribution in [3.63, 3.8) is 0 Å². The summed E-state index contributed by atoms with van der Waals surface area (Å²) in [7, 11) is 1.49. The second kappa shape index (κ2) is 9.26. The highest BCUT2D eigenvalue weighted by Crippen LogP contribution is 2.18. The summed E-state index contributed by atoms with van der Waals surface area (Å²) in [6.45, 7) is 9.00. The third-order valence-electron chi connectivity index (χ3n) is 2.72. The van der Waals surface area contributed by atoms with Crippen LogP contribution in [-0.2, 0) is 4.79 Å². The number of carbonyl (C=O) groups is 2. The van der Waals surface area contributed by atoms with Crippen LogP contribution in [-0.4, -0.2) is 28.8 Å². The van der Waals surface area contributed by atoms with Gasteiger partial charge >= 0.3 is 0 Å². The van der Waals surface area contributed by atoms with Crippen molar-refractivity contribution in [2.45, 2.75) is 6.92 Å². The number of rotatable bonds is 7. The van der Waals surface area contributed by atoms with Gasteiger partial charge in [0.2, 0.25) is 11.2 Å². The molecule has 0 aliphatic heterocycles. The average Bonchev–Trinajstić information content (AvgIpc) is 2.57. The van der Waals surface area contributed by atoms with Crippen molar-refractivity contribution < 1.29 is 9.59 Å². The van der Waals surface area contributed by atoms with Crippen LogP contribution in [0, 0.1) is 0 Å². The van der Waals surface area contributed by atoms with Crippen molar-refractivity contribution in [3.05, 3.63) is 65.9 Å². The number of nitrogens with zero attached hydrogens (tertiary/aromatic N) is 2. The molecule has 0 aliphatic rings. The molecule has 126 valence electrons. The highest BCUT2D eigenvalue weighted by atomic mass is 35.5. The summed E-state index contributed by atoms with van der Waals surface area (Å²) in [5.74, 6) is -0.625. The molecule has 0 aromatic carbocycles. The topological polar surface area (TPSA) is 96.0 Å². The third-order valence-corrected chi connectivity index (χ3v) is 2.91. The quantitative estimate of drug-likeness (QED) is 0.399. The maximum Gasteiger partial charge on any atom is 0.256 e. The normalized spacial score (nSPS) is 11.0. The molecular weight excluding hydrogens is 330 g/mol. The first kappa shape index (κ1) is 19.1. The van der Waals surface area contributed by atoms with Gasteiger partial charge in [-0.25, -0.2) is 4.98 Å². The van der Waals surface area contributed by atoms with Gasteiger partial charge in [-0.2, -0.15) is 4.98 Å². The Kier molecular flexibility index (Phi) is 7.38. The molecule has 0 spiro atoms. The number of aromatic nitrogens is 2. The molecule has 3 N–H and O–H groups in total. The smallest absolute Gasteiger partial charge is 0.256 e. The predicted octanol–water partition coefficient (Wildman–Crippen LogP) is 2.18. The molecule has 8 heteroatoms. The van der Waals surface area contributed by atoms with E-state index in [1.807, 2.05) is 6.92 Å². The highest BCUT2D eigenvalue weighted by molar-refractivity contribution is 6.28. The summed E-state index contributed by atoms with van der Waals surface area (Å²) in [5, 5.41) is 7.93. The van der Waals surface area contributed by atoms with E-state index in [2.05, 4.69) is 39.1 Å². The molecule has 0 aliphatic carbocycles. The zero-order valence-corrected chi connectivity index (χ0v) is 14.1. The summed E-state index contributed by atoms with van der Waals surface area (Å²) < 4.78 is 0. The van der Waals surface area contributed by atoms with Crippen LogP contribution in [0.25, 0.3) is 0 Å². The molecule has 0 unspecified atom stereocenters. The standard InChI is InChI=1S/C16H18ClN5O2/c1-5-7-8-12(10(3)20-13(23)6-2)21-14-11(15(24)18-4)9-19-16(17)22-14/h5-9H,2-3H2,1,4H3,(H,18,24)(H,20,23)(H,19,21,22)/b7-5-,12-8+. The first-order valence-corrected chi connectivity index (χ1v) is 7.28. The largest absolute Gasteiger partial charge is 0.355 e. The Hall–Kier alpha value is -2.93. The first-order valence-electron chi connectivity index (χ1n) is 6.90. The minimum absolute atomic E-state index is 0.0312. The maximum absolute atomic E-state index is 11.9. The van der Waals surface area contributed by atoms with Gasteiger partial charge in [-0.3, -0.25) is 9.59 Å². The van der Waals surface area contributed by atoms with Crippen molar-refractivity contribution in [2.75, 3.05) is 12.4 Å². The lowest BCUT2D eigenvalue weighted by Crippen LogP contribution is -2.25. The minimum atomic E-state index is -0.416. The van der Waals surface area contributed by atoms with Gasteiger partial charge in [0.1, 0.15) is 11.4 Å². The molecule has 1 heterocycles. The highest BCUT2D eigenvalue weighted by Gasteiger charge is 2.15. The van der Waals surface area contributed by atoms with Crippen molar-refractivity contribution in [1.29, 1.82) is 0 Å². The van der Waals surface area contributed by atoms with Gasteiger partial charge in [0.05, 0.1) is 11.4 Å². The van der Waals surface area contributed by atoms with Gasteiger partial charge in [0, 0.05) is 13.2 Å². The van der Waals surface area contributed by atoms with E-state index in [1.165, 1.54) is 13.2 Å². The lowest BCUT2D eigenvalue weighted by molar-refractivity contribution is -0.115. The van der Waals surface area contributed by atoms with E-state index in [1.54, 1.807) is 18.2 Å². The van der Waals surface area contributed by atoms with Gasteiger partial charge < -0.3 is 16.0 Å². The van der Waals surface area contributed by atoms with Crippen molar-refractivity contribution in [1.82, 2.24) is 20.6 Å². The molecule has 0 atom stereocenters. The van der Waals surface area contributed by atoms with Gasteiger partial charge in [-0.15, -0.1) is 0 Å². The molecule has 1 aromatic rings. The second-order valence-electron chi connectivity index (χ2n) is 4.38. The van der Waals surface area contributed by atoms with Crippen molar-refractivity contribution in [3.8, 4) is 0 Å².